The standard InChI is InChI=1S/C24H25NO2/c26-24(23-12-6-10-21-9-4-5-11-22(21)23)25(17-19-7-2-1-3-8-19)18-20-13-15-27-16-14-20/h1-12,20H,13-18H2. The second kappa shape index (κ2) is 8.36. The highest BCUT2D eigenvalue weighted by Crippen LogP contribution is 2.23. The molecular weight excluding hydrogens is 334 g/mol. The molecule has 0 N–H and O–H groups in total. The number of amides is 1. The van der Waals surface area contributed by atoms with Crippen molar-refractivity contribution >= 4 is 16.7 Å². The van der Waals surface area contributed by atoms with E-state index in [9.17, 15) is 4.79 Å². The predicted octanol–water partition coefficient (Wildman–Crippen LogP) is 4.91. The monoisotopic (exact) mass is 359 g/mol. The van der Waals surface area contributed by atoms with Gasteiger partial charge in [-0.05, 0) is 41.2 Å². The van der Waals surface area contributed by atoms with E-state index in [0.717, 1.165) is 54.5 Å². The summed E-state index contributed by atoms with van der Waals surface area (Å²) in [6.45, 7) is 3.01. The first-order chi connectivity index (χ1) is 13.3. The molecule has 3 nitrogen and oxygen atoms in total. The second-order valence-corrected chi connectivity index (χ2v) is 7.25. The van der Waals surface area contributed by atoms with Gasteiger partial charge in [0, 0.05) is 31.9 Å². The molecule has 4 rings (SSSR count). The summed E-state index contributed by atoms with van der Waals surface area (Å²) < 4.78 is 5.50. The van der Waals surface area contributed by atoms with E-state index in [1.165, 1.54) is 0 Å². The van der Waals surface area contributed by atoms with Gasteiger partial charge >= 0.3 is 0 Å². The maximum Gasteiger partial charge on any atom is 0.254 e. The zero-order valence-electron chi connectivity index (χ0n) is 15.5. The van der Waals surface area contributed by atoms with E-state index in [-0.39, 0.29) is 5.91 Å². The van der Waals surface area contributed by atoms with Crippen molar-refractivity contribution in [1.82, 2.24) is 4.90 Å². The third-order valence-corrected chi connectivity index (χ3v) is 5.34. The van der Waals surface area contributed by atoms with Crippen molar-refractivity contribution in [2.24, 2.45) is 5.92 Å². The molecule has 1 saturated heterocycles. The lowest BCUT2D eigenvalue weighted by molar-refractivity contribution is 0.0446. The van der Waals surface area contributed by atoms with Crippen LogP contribution < -0.4 is 0 Å². The minimum absolute atomic E-state index is 0.113. The molecule has 138 valence electrons. The maximum absolute atomic E-state index is 13.5. The lowest BCUT2D eigenvalue weighted by Gasteiger charge is -2.30. The number of nitrogens with zero attached hydrogens (tertiary/aromatic N) is 1. The summed E-state index contributed by atoms with van der Waals surface area (Å²) in [6, 6.07) is 24.4. The van der Waals surface area contributed by atoms with Gasteiger partial charge in [-0.3, -0.25) is 4.79 Å². The van der Waals surface area contributed by atoms with Gasteiger partial charge in [-0.2, -0.15) is 0 Å². The minimum Gasteiger partial charge on any atom is -0.381 e. The quantitative estimate of drug-likeness (QED) is 0.648. The summed E-state index contributed by atoms with van der Waals surface area (Å²) in [5.74, 6) is 0.614. The predicted molar refractivity (Wildman–Crippen MR) is 109 cm³/mol. The first-order valence-corrected chi connectivity index (χ1v) is 9.70. The Bertz CT molecular complexity index is 895. The topological polar surface area (TPSA) is 29.5 Å². The molecule has 3 aromatic rings. The van der Waals surface area contributed by atoms with Crippen molar-refractivity contribution < 1.29 is 9.53 Å². The van der Waals surface area contributed by atoms with Crippen LogP contribution in [-0.4, -0.2) is 30.6 Å². The van der Waals surface area contributed by atoms with Crippen LogP contribution in [0.5, 0.6) is 0 Å². The average Bonchev–Trinajstić information content (AvgIpc) is 2.74. The third-order valence-electron chi connectivity index (χ3n) is 5.34. The average molecular weight is 359 g/mol. The molecule has 1 fully saturated rings. The zero-order chi connectivity index (χ0) is 18.5. The largest absolute Gasteiger partial charge is 0.381 e. The van der Waals surface area contributed by atoms with Crippen LogP contribution in [0, 0.1) is 5.92 Å². The van der Waals surface area contributed by atoms with Gasteiger partial charge in [-0.15, -0.1) is 0 Å². The van der Waals surface area contributed by atoms with Crippen LogP contribution in [0.4, 0.5) is 0 Å². The number of fused-ring (bicyclic) bond motifs is 1. The van der Waals surface area contributed by atoms with Crippen molar-refractivity contribution in [2.75, 3.05) is 19.8 Å². The fraction of sp³-hybridized carbons (Fsp3) is 0.292. The molecule has 0 spiro atoms. The normalized spacial score (nSPS) is 15.0. The summed E-state index contributed by atoms with van der Waals surface area (Å²) in [4.78, 5) is 15.6. The van der Waals surface area contributed by atoms with Crippen LogP contribution in [0.3, 0.4) is 0 Å². The summed E-state index contributed by atoms with van der Waals surface area (Å²) >= 11 is 0. The molecule has 1 aliphatic rings. The van der Waals surface area contributed by atoms with Crippen molar-refractivity contribution in [3.05, 3.63) is 83.9 Å². The molecule has 0 atom stereocenters. The highest BCUT2D eigenvalue weighted by atomic mass is 16.5. The number of ether oxygens (including phenoxy) is 1. The minimum atomic E-state index is 0.113. The SMILES string of the molecule is O=C(c1cccc2ccccc12)N(Cc1ccccc1)CC1CCOCC1. The zero-order valence-corrected chi connectivity index (χ0v) is 15.5. The highest BCUT2D eigenvalue weighted by molar-refractivity contribution is 6.07. The number of hydrogen-bond donors (Lipinski definition) is 0. The molecule has 3 aromatic carbocycles. The summed E-state index contributed by atoms with van der Waals surface area (Å²) in [5, 5.41) is 2.13. The molecule has 0 unspecified atom stereocenters. The van der Waals surface area contributed by atoms with E-state index in [4.69, 9.17) is 4.74 Å². The number of rotatable bonds is 5. The maximum atomic E-state index is 13.5. The van der Waals surface area contributed by atoms with Gasteiger partial charge in [0.15, 0.2) is 0 Å². The van der Waals surface area contributed by atoms with E-state index < -0.39 is 0 Å². The Balaban J connectivity index is 1.64. The molecule has 3 heteroatoms. The van der Waals surface area contributed by atoms with E-state index in [1.807, 2.05) is 53.4 Å². The first kappa shape index (κ1) is 17.7. The van der Waals surface area contributed by atoms with Gasteiger partial charge in [0.1, 0.15) is 0 Å². The Morgan fingerprint density at radius 1 is 0.889 bits per heavy atom. The van der Waals surface area contributed by atoms with Gasteiger partial charge in [0.25, 0.3) is 5.91 Å². The number of carbonyl (C=O) groups excluding carboxylic acids is 1. The van der Waals surface area contributed by atoms with E-state index >= 15 is 0 Å². The number of benzene rings is 3. The Kier molecular flexibility index (Phi) is 5.50. The molecule has 1 aliphatic heterocycles. The third kappa shape index (κ3) is 4.20. The van der Waals surface area contributed by atoms with Crippen molar-refractivity contribution in [1.29, 1.82) is 0 Å². The Hall–Kier alpha value is -2.65. The van der Waals surface area contributed by atoms with Crippen molar-refractivity contribution in [2.45, 2.75) is 19.4 Å². The Labute approximate surface area is 160 Å². The van der Waals surface area contributed by atoms with Crippen LogP contribution in [0.2, 0.25) is 0 Å². The lowest BCUT2D eigenvalue weighted by Crippen LogP contribution is -2.36. The molecule has 1 heterocycles. The van der Waals surface area contributed by atoms with Crippen LogP contribution in [-0.2, 0) is 11.3 Å². The molecule has 0 radical (unpaired) electrons. The summed E-state index contributed by atoms with van der Waals surface area (Å²) in [7, 11) is 0. The van der Waals surface area contributed by atoms with Crippen LogP contribution in [0.25, 0.3) is 10.8 Å². The van der Waals surface area contributed by atoms with Gasteiger partial charge in [-0.25, -0.2) is 0 Å². The molecule has 0 saturated carbocycles. The lowest BCUT2D eigenvalue weighted by atomic mass is 9.98. The van der Waals surface area contributed by atoms with Crippen LogP contribution in [0.1, 0.15) is 28.8 Å². The summed E-state index contributed by atoms with van der Waals surface area (Å²) in [6.07, 6.45) is 2.04. The van der Waals surface area contributed by atoms with Crippen molar-refractivity contribution in [3.8, 4) is 0 Å². The van der Waals surface area contributed by atoms with E-state index in [1.54, 1.807) is 0 Å². The number of carbonyl (C=O) groups is 1. The Morgan fingerprint density at radius 2 is 1.59 bits per heavy atom. The molecule has 1 amide bonds. The molecule has 0 bridgehead atoms. The van der Waals surface area contributed by atoms with Gasteiger partial charge < -0.3 is 9.64 Å². The molecule has 0 aromatic heterocycles. The van der Waals surface area contributed by atoms with Gasteiger partial charge in [0.05, 0.1) is 0 Å². The smallest absolute Gasteiger partial charge is 0.254 e. The molecular formula is C24H25NO2. The van der Waals surface area contributed by atoms with Gasteiger partial charge in [0.2, 0.25) is 0 Å². The van der Waals surface area contributed by atoms with E-state index in [2.05, 4.69) is 24.3 Å². The van der Waals surface area contributed by atoms with Crippen LogP contribution in [0.15, 0.2) is 72.8 Å². The Morgan fingerprint density at radius 3 is 2.41 bits per heavy atom. The van der Waals surface area contributed by atoms with Crippen LogP contribution >= 0.6 is 0 Å². The molecule has 27 heavy (non-hydrogen) atoms. The second-order valence-electron chi connectivity index (χ2n) is 7.25. The summed E-state index contributed by atoms with van der Waals surface area (Å²) in [5.41, 5.74) is 1.95. The first-order valence-electron chi connectivity index (χ1n) is 9.70. The van der Waals surface area contributed by atoms with E-state index in [0.29, 0.717) is 12.5 Å². The fourth-order valence-corrected chi connectivity index (χ4v) is 3.85. The van der Waals surface area contributed by atoms with Gasteiger partial charge in [-0.1, -0.05) is 66.7 Å². The fourth-order valence-electron chi connectivity index (χ4n) is 3.85. The van der Waals surface area contributed by atoms with Crippen molar-refractivity contribution in [3.63, 3.8) is 0 Å². The number of hydrogen-bond acceptors (Lipinski definition) is 2. The highest BCUT2D eigenvalue weighted by Gasteiger charge is 2.23. The molecule has 0 aliphatic carbocycles.